The molecule has 0 aliphatic carbocycles. The number of rotatable bonds is 12. The number of carboxylic acids is 2. The van der Waals surface area contributed by atoms with Gasteiger partial charge in [0.25, 0.3) is 5.91 Å². The van der Waals surface area contributed by atoms with E-state index in [-0.39, 0.29) is 23.5 Å². The number of carboxylic acid groups (broad SMARTS) is 2. The summed E-state index contributed by atoms with van der Waals surface area (Å²) in [5.41, 5.74) is 0.788. The summed E-state index contributed by atoms with van der Waals surface area (Å²) in [7, 11) is 0. The lowest BCUT2D eigenvalue weighted by Crippen LogP contribution is -2.60. The molecule has 234 valence electrons. The van der Waals surface area contributed by atoms with Crippen LogP contribution in [0.4, 0.5) is 0 Å². The molecule has 1 aliphatic heterocycles. The van der Waals surface area contributed by atoms with Crippen molar-refractivity contribution in [2.45, 2.75) is 75.1 Å². The van der Waals surface area contributed by atoms with Crippen LogP contribution in [0.2, 0.25) is 0 Å². The van der Waals surface area contributed by atoms with Gasteiger partial charge in [0.1, 0.15) is 42.0 Å². The Hall–Kier alpha value is -4.24. The number of benzene rings is 2. The molecule has 1 heterocycles. The Balaban J connectivity index is 1.68. The van der Waals surface area contributed by atoms with Gasteiger partial charge in [0.2, 0.25) is 5.91 Å². The number of aliphatic carboxylic acids is 2. The van der Waals surface area contributed by atoms with Crippen LogP contribution in [0.25, 0.3) is 0 Å². The molecule has 0 saturated carbocycles. The number of phenols is 2. The van der Waals surface area contributed by atoms with E-state index in [0.29, 0.717) is 5.56 Å². The molecule has 14 heteroatoms. The molecule has 6 atom stereocenters. The summed E-state index contributed by atoms with van der Waals surface area (Å²) >= 11 is 0. The topological polar surface area (TPSA) is 243 Å². The predicted molar refractivity (Wildman–Crippen MR) is 148 cm³/mol. The molecule has 14 nitrogen and oxygen atoms in total. The third-order valence-electron chi connectivity index (χ3n) is 7.49. The molecule has 2 aromatic carbocycles. The van der Waals surface area contributed by atoms with Gasteiger partial charge in [0.05, 0.1) is 18.1 Å². The second kappa shape index (κ2) is 13.8. The first kappa shape index (κ1) is 33.3. The van der Waals surface area contributed by atoms with Crippen LogP contribution in [0.5, 0.6) is 11.5 Å². The van der Waals surface area contributed by atoms with Gasteiger partial charge in [-0.3, -0.25) is 14.4 Å². The van der Waals surface area contributed by atoms with Crippen molar-refractivity contribution < 1.29 is 59.7 Å². The average molecular weight is 605 g/mol. The van der Waals surface area contributed by atoms with E-state index < -0.39 is 85.1 Å². The van der Waals surface area contributed by atoms with Gasteiger partial charge < -0.3 is 51.1 Å². The van der Waals surface area contributed by atoms with Gasteiger partial charge in [-0.05, 0) is 41.8 Å². The molecule has 0 spiro atoms. The lowest BCUT2D eigenvalue weighted by atomic mass is 9.77. The van der Waals surface area contributed by atoms with Gasteiger partial charge >= 0.3 is 11.9 Å². The number of aliphatic hydroxyl groups excluding tert-OH is 3. The molecule has 5 unspecified atom stereocenters. The van der Waals surface area contributed by atoms with E-state index >= 15 is 0 Å². The van der Waals surface area contributed by atoms with Crippen molar-refractivity contribution >= 4 is 23.8 Å². The first-order valence-corrected chi connectivity index (χ1v) is 13.5. The van der Waals surface area contributed by atoms with Gasteiger partial charge in [0, 0.05) is 18.4 Å². The van der Waals surface area contributed by atoms with E-state index in [9.17, 15) is 49.8 Å². The lowest BCUT2D eigenvalue weighted by Gasteiger charge is -2.40. The van der Waals surface area contributed by atoms with Gasteiger partial charge in [0.15, 0.2) is 0 Å². The van der Waals surface area contributed by atoms with Crippen molar-refractivity contribution in [1.82, 2.24) is 10.6 Å². The average Bonchev–Trinajstić information content (AvgIpc) is 2.94. The zero-order chi connectivity index (χ0) is 32.1. The Bertz CT molecular complexity index is 1330. The summed E-state index contributed by atoms with van der Waals surface area (Å²) in [5.74, 6) is -4.60. The number of hydrogen-bond donors (Lipinski definition) is 9. The fourth-order valence-corrected chi connectivity index (χ4v) is 4.77. The molecule has 1 aliphatic rings. The number of aromatic hydroxyl groups is 2. The second-order valence-corrected chi connectivity index (χ2v) is 10.9. The van der Waals surface area contributed by atoms with Crippen molar-refractivity contribution in [3.63, 3.8) is 0 Å². The van der Waals surface area contributed by atoms with Crippen LogP contribution >= 0.6 is 0 Å². The normalized spacial score (nSPS) is 22.8. The molecule has 3 rings (SSSR count). The standard InChI is InChI=1S/C29H36N2O12/c1-29(2,14-3-6-16(32)7-4-14)15-5-9-19(33)17(11-15)27(40)30-13-21-25(38)26(39)24(37)20(43-21)12-22(34)31-18(28(41)42)8-10-23(35)36/h3-7,9,11,18,20-21,24-26,32-33,37-39H,8,10,12-13H2,1-2H3,(H,30,40)(H,31,34)(H,35,36)(H,41,42)/t18-,20?,21?,24?,25?,26?/m1/s1. The van der Waals surface area contributed by atoms with Crippen LogP contribution < -0.4 is 10.6 Å². The molecular weight excluding hydrogens is 568 g/mol. The van der Waals surface area contributed by atoms with Crippen molar-refractivity contribution in [3.8, 4) is 11.5 Å². The lowest BCUT2D eigenvalue weighted by molar-refractivity contribution is -0.220. The second-order valence-electron chi connectivity index (χ2n) is 10.9. The molecule has 0 aromatic heterocycles. The quantitative estimate of drug-likeness (QED) is 0.153. The number of nitrogens with one attached hydrogen (secondary N) is 2. The smallest absolute Gasteiger partial charge is 0.326 e. The molecule has 43 heavy (non-hydrogen) atoms. The minimum atomic E-state index is -1.78. The summed E-state index contributed by atoms with van der Waals surface area (Å²) < 4.78 is 5.59. The highest BCUT2D eigenvalue weighted by Crippen LogP contribution is 2.34. The van der Waals surface area contributed by atoms with E-state index in [1.807, 2.05) is 13.8 Å². The van der Waals surface area contributed by atoms with Crippen LogP contribution in [-0.4, -0.2) is 103 Å². The minimum absolute atomic E-state index is 0.0905. The van der Waals surface area contributed by atoms with Crippen LogP contribution in [-0.2, 0) is 24.5 Å². The summed E-state index contributed by atoms with van der Waals surface area (Å²) in [6, 6.07) is 9.52. The van der Waals surface area contributed by atoms with E-state index in [2.05, 4.69) is 10.6 Å². The van der Waals surface area contributed by atoms with E-state index in [1.165, 1.54) is 24.3 Å². The number of aliphatic hydroxyl groups is 3. The Morgan fingerprint density at radius 2 is 1.49 bits per heavy atom. The zero-order valence-electron chi connectivity index (χ0n) is 23.5. The largest absolute Gasteiger partial charge is 0.508 e. The number of phenolic OH excluding ortho intramolecular Hbond substituents is 2. The van der Waals surface area contributed by atoms with E-state index in [4.69, 9.17) is 9.84 Å². The van der Waals surface area contributed by atoms with Crippen molar-refractivity contribution in [3.05, 3.63) is 59.2 Å². The van der Waals surface area contributed by atoms with Crippen molar-refractivity contribution in [1.29, 1.82) is 0 Å². The van der Waals surface area contributed by atoms with E-state index in [1.54, 1.807) is 18.2 Å². The first-order valence-electron chi connectivity index (χ1n) is 13.5. The monoisotopic (exact) mass is 604 g/mol. The van der Waals surface area contributed by atoms with Gasteiger partial charge in [-0.15, -0.1) is 0 Å². The zero-order valence-corrected chi connectivity index (χ0v) is 23.5. The SMILES string of the molecule is CC(C)(c1ccc(O)cc1)c1ccc(O)c(C(=O)NCC2OC(CC(=O)N[C@H](CCC(=O)O)C(=O)O)C(O)C(O)C2O)c1. The first-order chi connectivity index (χ1) is 20.1. The summed E-state index contributed by atoms with van der Waals surface area (Å²) in [6.07, 6.45) is -9.44. The fourth-order valence-electron chi connectivity index (χ4n) is 4.77. The highest BCUT2D eigenvalue weighted by molar-refractivity contribution is 5.97. The third-order valence-corrected chi connectivity index (χ3v) is 7.49. The number of hydrogen-bond acceptors (Lipinski definition) is 10. The van der Waals surface area contributed by atoms with Crippen LogP contribution in [0.1, 0.15) is 54.6 Å². The maximum Gasteiger partial charge on any atom is 0.326 e. The van der Waals surface area contributed by atoms with Gasteiger partial charge in [-0.1, -0.05) is 32.0 Å². The van der Waals surface area contributed by atoms with Crippen molar-refractivity contribution in [2.24, 2.45) is 0 Å². The molecule has 1 saturated heterocycles. The molecule has 1 fully saturated rings. The molecular formula is C29H36N2O12. The van der Waals surface area contributed by atoms with Gasteiger partial charge in [-0.2, -0.15) is 0 Å². The Morgan fingerprint density at radius 1 is 0.884 bits per heavy atom. The predicted octanol–water partition coefficient (Wildman–Crippen LogP) is -0.172. The number of amides is 2. The number of carbonyl (C=O) groups excluding carboxylic acids is 2. The van der Waals surface area contributed by atoms with Crippen LogP contribution in [0.15, 0.2) is 42.5 Å². The summed E-state index contributed by atoms with van der Waals surface area (Å²) in [5, 5.41) is 73.8. The Labute approximate surface area is 246 Å². The highest BCUT2D eigenvalue weighted by atomic mass is 16.5. The number of carbonyl (C=O) groups is 4. The molecule has 2 aromatic rings. The summed E-state index contributed by atoms with van der Waals surface area (Å²) in [6.45, 7) is 3.39. The number of ether oxygens (including phenoxy) is 1. The van der Waals surface area contributed by atoms with Crippen LogP contribution in [0, 0.1) is 0 Å². The van der Waals surface area contributed by atoms with Gasteiger partial charge in [-0.25, -0.2) is 4.79 Å². The van der Waals surface area contributed by atoms with Crippen LogP contribution in [0.3, 0.4) is 0 Å². The highest BCUT2D eigenvalue weighted by Gasteiger charge is 2.44. The fraction of sp³-hybridized carbons (Fsp3) is 0.448. The minimum Gasteiger partial charge on any atom is -0.508 e. The Morgan fingerprint density at radius 3 is 2.09 bits per heavy atom. The maximum atomic E-state index is 13.1. The molecule has 0 radical (unpaired) electrons. The molecule has 2 amide bonds. The third kappa shape index (κ3) is 8.20. The van der Waals surface area contributed by atoms with E-state index in [0.717, 1.165) is 5.56 Å². The Kier molecular flexibility index (Phi) is 10.7. The maximum absolute atomic E-state index is 13.1. The molecule has 0 bridgehead atoms. The van der Waals surface area contributed by atoms with Crippen molar-refractivity contribution in [2.75, 3.05) is 6.54 Å². The summed E-state index contributed by atoms with van der Waals surface area (Å²) in [4.78, 5) is 47.7. The molecule has 9 N–H and O–H groups in total.